The minimum Gasteiger partial charge on any atom is -0.399 e. The minimum atomic E-state index is -0.341. The highest BCUT2D eigenvalue weighted by Gasteiger charge is 2.67. The van der Waals surface area contributed by atoms with Gasteiger partial charge < -0.3 is 19.6 Å². The number of H-pyrrole nitrogens is 1. The number of piperidine rings is 1. The molecule has 4 atom stereocenters. The maximum absolute atomic E-state index is 6.56. The Bertz CT molecular complexity index is 1420. The van der Waals surface area contributed by atoms with Gasteiger partial charge in [-0.2, -0.15) is 0 Å². The molecule has 7 heteroatoms. The van der Waals surface area contributed by atoms with Gasteiger partial charge in [0.25, 0.3) is 0 Å². The molecular weight excluding hydrogens is 459 g/mol. The second kappa shape index (κ2) is 7.26. The van der Waals surface area contributed by atoms with Crippen LogP contribution in [-0.2, 0) is 15.7 Å². The molecule has 192 valence electrons. The van der Waals surface area contributed by atoms with E-state index in [-0.39, 0.29) is 18.3 Å². The topological polar surface area (TPSA) is 62.4 Å². The molecule has 5 aliphatic heterocycles. The van der Waals surface area contributed by atoms with Crippen LogP contribution in [0, 0.1) is 0 Å². The number of fused-ring (bicyclic) bond motifs is 4. The van der Waals surface area contributed by atoms with Crippen molar-refractivity contribution in [3.8, 4) is 11.1 Å². The first-order chi connectivity index (χ1) is 17.6. The number of nitrogens with zero attached hydrogens (tertiary/aromatic N) is 2. The Balaban J connectivity index is 1.20. The third-order valence-corrected chi connectivity index (χ3v) is 10.5. The Morgan fingerprint density at radius 3 is 2.46 bits per heavy atom. The average molecular weight is 496 g/mol. The van der Waals surface area contributed by atoms with Gasteiger partial charge in [0, 0.05) is 30.1 Å². The lowest BCUT2D eigenvalue weighted by atomic mass is 9.67. The largest absolute Gasteiger partial charge is 0.495 e. The molecule has 5 aliphatic rings. The fourth-order valence-corrected chi connectivity index (χ4v) is 7.85. The van der Waals surface area contributed by atoms with Crippen LogP contribution < -0.4 is 10.8 Å². The molecule has 2 aromatic carbocycles. The molecular formula is C30H37BN4O2. The predicted molar refractivity (Wildman–Crippen MR) is 147 cm³/mol. The number of benzene rings is 2. The summed E-state index contributed by atoms with van der Waals surface area (Å²) in [7, 11) is -0.319. The van der Waals surface area contributed by atoms with E-state index in [0.29, 0.717) is 23.7 Å². The summed E-state index contributed by atoms with van der Waals surface area (Å²) in [5.41, 5.74) is 8.69. The molecule has 2 N–H and O–H groups in total. The van der Waals surface area contributed by atoms with Gasteiger partial charge in [-0.3, -0.25) is 4.90 Å². The van der Waals surface area contributed by atoms with Crippen molar-refractivity contribution in [1.82, 2.24) is 20.2 Å². The van der Waals surface area contributed by atoms with E-state index < -0.39 is 0 Å². The van der Waals surface area contributed by atoms with Gasteiger partial charge in [-0.25, -0.2) is 4.98 Å². The number of hydrogen-bond donors (Lipinski definition) is 2. The minimum absolute atomic E-state index is 0.319. The van der Waals surface area contributed by atoms with Crippen LogP contribution in [0.15, 0.2) is 30.3 Å². The Kier molecular flexibility index (Phi) is 4.47. The van der Waals surface area contributed by atoms with E-state index >= 15 is 0 Å². The lowest BCUT2D eigenvalue weighted by Crippen LogP contribution is -2.66. The highest BCUT2D eigenvalue weighted by Crippen LogP contribution is 2.69. The van der Waals surface area contributed by atoms with Gasteiger partial charge >= 0.3 is 7.12 Å². The summed E-state index contributed by atoms with van der Waals surface area (Å²) in [4.78, 5) is 11.3. The first-order valence-corrected chi connectivity index (χ1v) is 14.2. The van der Waals surface area contributed by atoms with Gasteiger partial charge in [0.05, 0.1) is 22.2 Å². The Labute approximate surface area is 219 Å². The van der Waals surface area contributed by atoms with Crippen molar-refractivity contribution >= 4 is 23.6 Å². The van der Waals surface area contributed by atoms with Crippen molar-refractivity contribution in [2.75, 3.05) is 6.54 Å². The number of imidazole rings is 1. The van der Waals surface area contributed by atoms with Gasteiger partial charge in [-0.05, 0) is 107 Å². The van der Waals surface area contributed by atoms with Crippen molar-refractivity contribution < 1.29 is 9.31 Å². The molecule has 37 heavy (non-hydrogen) atoms. The van der Waals surface area contributed by atoms with Crippen molar-refractivity contribution in [2.24, 2.45) is 0 Å². The van der Waals surface area contributed by atoms with Gasteiger partial charge in [-0.15, -0.1) is 0 Å². The Hall–Kier alpha value is -2.19. The Morgan fingerprint density at radius 1 is 1.00 bits per heavy atom. The number of rotatable bonds is 4. The van der Waals surface area contributed by atoms with Crippen LogP contribution in [0.1, 0.15) is 89.3 Å². The summed E-state index contributed by atoms with van der Waals surface area (Å²) >= 11 is 0. The van der Waals surface area contributed by atoms with E-state index in [1.54, 1.807) is 0 Å². The van der Waals surface area contributed by atoms with Crippen LogP contribution in [0.3, 0.4) is 0 Å². The molecule has 4 unspecified atom stereocenters. The molecule has 3 aromatic rings. The van der Waals surface area contributed by atoms with Crippen molar-refractivity contribution in [3.05, 3.63) is 47.3 Å². The fraction of sp³-hybridized carbons (Fsp3) is 0.567. The second-order valence-corrected chi connectivity index (χ2v) is 13.4. The molecule has 6 heterocycles. The second-order valence-electron chi connectivity index (χ2n) is 13.4. The summed E-state index contributed by atoms with van der Waals surface area (Å²) in [5, 5.41) is 3.59. The van der Waals surface area contributed by atoms with Gasteiger partial charge in [0.1, 0.15) is 5.82 Å². The third-order valence-electron chi connectivity index (χ3n) is 10.5. The molecule has 4 saturated heterocycles. The first kappa shape index (κ1) is 22.8. The molecule has 0 aliphatic carbocycles. The molecule has 6 nitrogen and oxygen atoms in total. The molecule has 8 rings (SSSR count). The van der Waals surface area contributed by atoms with E-state index in [0.717, 1.165) is 29.8 Å². The van der Waals surface area contributed by atoms with Crippen LogP contribution >= 0.6 is 0 Å². The lowest BCUT2D eigenvalue weighted by Gasteiger charge is -2.65. The normalized spacial score (nSPS) is 32.9. The van der Waals surface area contributed by atoms with Crippen molar-refractivity contribution in [2.45, 2.75) is 102 Å². The summed E-state index contributed by atoms with van der Waals surface area (Å²) < 4.78 is 13.1. The number of hydrogen-bond acceptors (Lipinski definition) is 5. The van der Waals surface area contributed by atoms with E-state index in [9.17, 15) is 0 Å². The summed E-state index contributed by atoms with van der Waals surface area (Å²) in [6.07, 6.45) is 5.94. The summed E-state index contributed by atoms with van der Waals surface area (Å²) in [6.45, 7) is 12.1. The van der Waals surface area contributed by atoms with E-state index in [1.807, 2.05) is 0 Å². The molecule has 0 amide bonds. The van der Waals surface area contributed by atoms with Crippen molar-refractivity contribution in [1.29, 1.82) is 0 Å². The van der Waals surface area contributed by atoms with E-state index in [1.165, 1.54) is 53.4 Å². The highest BCUT2D eigenvalue weighted by molar-refractivity contribution is 6.62. The average Bonchev–Trinajstić information content (AvgIpc) is 3.55. The van der Waals surface area contributed by atoms with Gasteiger partial charge in [-0.1, -0.05) is 18.2 Å². The molecule has 0 radical (unpaired) electrons. The zero-order valence-electron chi connectivity index (χ0n) is 22.6. The molecule has 1 aromatic heterocycles. The van der Waals surface area contributed by atoms with Gasteiger partial charge in [0.2, 0.25) is 0 Å². The molecule has 4 fully saturated rings. The lowest BCUT2D eigenvalue weighted by molar-refractivity contribution is -0.177. The number of nitrogens with one attached hydrogen (secondary N) is 2. The maximum atomic E-state index is 6.56. The number of aromatic nitrogens is 2. The van der Waals surface area contributed by atoms with Crippen LogP contribution in [0.4, 0.5) is 0 Å². The zero-order valence-corrected chi connectivity index (χ0v) is 22.6. The third kappa shape index (κ3) is 3.06. The standard InChI is InChI=1S/C30H37BN4O2/c1-28(2)29(3,4)37-31(36-28)20-10-9-19(26-23-15-30(5)16-24(27(20)26)35(23)30)17-8-11-21-22(13-17)34-25(33-21)14-18-7-6-12-32-18/h8-11,13,18,23-24,32H,6-7,12,14-16H2,1-5H3,(H,33,34). The fourth-order valence-electron chi connectivity index (χ4n) is 7.85. The SMILES string of the molecule is CC12CC3c4c(B5OC(C)(C)C(C)(C)O5)ccc(-c5ccc6nc(CC7CCCN7)[nH]c6c5)c4C(C1)N32. The molecule has 0 bridgehead atoms. The van der Waals surface area contributed by atoms with Crippen LogP contribution in [0.2, 0.25) is 0 Å². The van der Waals surface area contributed by atoms with E-state index in [4.69, 9.17) is 14.3 Å². The zero-order chi connectivity index (χ0) is 25.3. The van der Waals surface area contributed by atoms with Crippen LogP contribution in [0.5, 0.6) is 0 Å². The summed E-state index contributed by atoms with van der Waals surface area (Å²) in [5.74, 6) is 1.09. The predicted octanol–water partition coefficient (Wildman–Crippen LogP) is 4.79. The maximum Gasteiger partial charge on any atom is 0.495 e. The number of aromatic amines is 1. The first-order valence-electron chi connectivity index (χ1n) is 14.2. The van der Waals surface area contributed by atoms with Crippen LogP contribution in [0.25, 0.3) is 22.2 Å². The Morgan fingerprint density at radius 2 is 1.76 bits per heavy atom. The summed E-state index contributed by atoms with van der Waals surface area (Å²) in [6, 6.07) is 12.9. The van der Waals surface area contributed by atoms with Gasteiger partial charge in [0.15, 0.2) is 0 Å². The van der Waals surface area contributed by atoms with Crippen molar-refractivity contribution in [3.63, 3.8) is 0 Å². The molecule has 0 saturated carbocycles. The molecule has 0 spiro atoms. The quantitative estimate of drug-likeness (QED) is 0.509. The highest BCUT2D eigenvalue weighted by atomic mass is 16.7. The monoisotopic (exact) mass is 496 g/mol. The van der Waals surface area contributed by atoms with E-state index in [2.05, 4.69) is 80.2 Å². The van der Waals surface area contributed by atoms with Crippen LogP contribution in [-0.4, -0.2) is 51.3 Å². The smallest absolute Gasteiger partial charge is 0.399 e.